The van der Waals surface area contributed by atoms with E-state index in [2.05, 4.69) is 11.8 Å². The van der Waals surface area contributed by atoms with Crippen LogP contribution in [0.4, 0.5) is 0 Å². The van der Waals surface area contributed by atoms with E-state index in [9.17, 15) is 4.79 Å². The third-order valence-electron chi connectivity index (χ3n) is 1.49. The third kappa shape index (κ3) is 5.85. The summed E-state index contributed by atoms with van der Waals surface area (Å²) >= 11 is 0. The van der Waals surface area contributed by atoms with Gasteiger partial charge in [-0.2, -0.15) is 0 Å². The van der Waals surface area contributed by atoms with Gasteiger partial charge in [-0.1, -0.05) is 6.92 Å². The zero-order valence-corrected chi connectivity index (χ0v) is 7.71. The van der Waals surface area contributed by atoms with Gasteiger partial charge in [-0.3, -0.25) is 4.79 Å². The Morgan fingerprint density at radius 3 is 2.18 bits per heavy atom. The van der Waals surface area contributed by atoms with Gasteiger partial charge in [-0.15, -0.1) is 0 Å². The van der Waals surface area contributed by atoms with Crippen LogP contribution in [0, 0.1) is 0 Å². The van der Waals surface area contributed by atoms with Crippen LogP contribution in [0.2, 0.25) is 0 Å². The highest BCUT2D eigenvalue weighted by Gasteiger charge is 1.98. The maximum Gasteiger partial charge on any atom is 0.209 e. The highest BCUT2D eigenvalue weighted by Crippen LogP contribution is 1.86. The van der Waals surface area contributed by atoms with Crippen molar-refractivity contribution in [1.29, 1.82) is 0 Å². The fourth-order valence-corrected chi connectivity index (χ4v) is 0.833. The van der Waals surface area contributed by atoms with Crippen LogP contribution in [-0.2, 0) is 4.79 Å². The molecule has 0 rings (SSSR count). The van der Waals surface area contributed by atoms with Crippen molar-refractivity contribution in [3.05, 3.63) is 0 Å². The van der Waals surface area contributed by atoms with E-state index in [0.717, 1.165) is 32.5 Å². The molecule has 3 nitrogen and oxygen atoms in total. The van der Waals surface area contributed by atoms with Gasteiger partial charge < -0.3 is 9.80 Å². The van der Waals surface area contributed by atoms with Gasteiger partial charge in [0.05, 0.1) is 0 Å². The normalized spacial score (nSPS) is 10.2. The molecule has 0 spiro atoms. The third-order valence-corrected chi connectivity index (χ3v) is 1.49. The predicted octanol–water partition coefficient (Wildman–Crippen LogP) is 0.416. The zero-order valence-electron chi connectivity index (χ0n) is 7.71. The lowest BCUT2D eigenvalue weighted by molar-refractivity contribution is -0.118. The maximum atomic E-state index is 10.4. The van der Waals surface area contributed by atoms with Crippen LogP contribution in [0.5, 0.6) is 0 Å². The van der Waals surface area contributed by atoms with Crippen LogP contribution in [0.25, 0.3) is 0 Å². The van der Waals surface area contributed by atoms with Crippen molar-refractivity contribution in [2.75, 3.05) is 33.7 Å². The molecular weight excluding hydrogens is 140 g/mol. The molecule has 0 saturated carbocycles. The van der Waals surface area contributed by atoms with Crippen molar-refractivity contribution in [2.45, 2.75) is 13.3 Å². The Hall–Kier alpha value is -0.570. The van der Waals surface area contributed by atoms with Crippen molar-refractivity contribution in [1.82, 2.24) is 9.80 Å². The second-order valence-electron chi connectivity index (χ2n) is 2.94. The number of hydrogen-bond acceptors (Lipinski definition) is 2. The van der Waals surface area contributed by atoms with E-state index < -0.39 is 0 Å². The van der Waals surface area contributed by atoms with E-state index in [1.807, 2.05) is 14.1 Å². The van der Waals surface area contributed by atoms with Gasteiger partial charge in [0.15, 0.2) is 0 Å². The summed E-state index contributed by atoms with van der Waals surface area (Å²) in [5, 5.41) is 0. The molecule has 0 unspecified atom stereocenters. The van der Waals surface area contributed by atoms with Crippen LogP contribution in [-0.4, -0.2) is 49.9 Å². The Morgan fingerprint density at radius 1 is 1.18 bits per heavy atom. The smallest absolute Gasteiger partial charge is 0.209 e. The van der Waals surface area contributed by atoms with Gasteiger partial charge in [0, 0.05) is 19.6 Å². The van der Waals surface area contributed by atoms with Crippen molar-refractivity contribution < 1.29 is 4.79 Å². The van der Waals surface area contributed by atoms with Crippen LogP contribution in [0.15, 0.2) is 0 Å². The van der Waals surface area contributed by atoms with E-state index in [0.29, 0.717) is 0 Å². The standard InChI is InChI=1S/C8H18N2O/c1-4-5-10(8-11)7-6-9(2)3/h8H,4-7H2,1-3H3. The molecule has 0 atom stereocenters. The Kier molecular flexibility index (Phi) is 5.84. The van der Waals surface area contributed by atoms with E-state index in [4.69, 9.17) is 0 Å². The lowest BCUT2D eigenvalue weighted by Gasteiger charge is -2.18. The second kappa shape index (κ2) is 6.16. The summed E-state index contributed by atoms with van der Waals surface area (Å²) in [6.07, 6.45) is 1.96. The molecule has 0 aliphatic rings. The molecule has 0 aromatic rings. The maximum absolute atomic E-state index is 10.4. The zero-order chi connectivity index (χ0) is 8.69. The summed E-state index contributed by atoms with van der Waals surface area (Å²) in [4.78, 5) is 14.3. The summed E-state index contributed by atoms with van der Waals surface area (Å²) < 4.78 is 0. The fourth-order valence-electron chi connectivity index (χ4n) is 0.833. The summed E-state index contributed by atoms with van der Waals surface area (Å²) in [6.45, 7) is 4.73. The molecule has 0 aliphatic heterocycles. The highest BCUT2D eigenvalue weighted by atomic mass is 16.1. The van der Waals surface area contributed by atoms with Gasteiger partial charge in [0.1, 0.15) is 0 Å². The lowest BCUT2D eigenvalue weighted by Crippen LogP contribution is -2.31. The van der Waals surface area contributed by atoms with Crippen molar-refractivity contribution >= 4 is 6.41 Å². The van der Waals surface area contributed by atoms with Gasteiger partial charge in [-0.25, -0.2) is 0 Å². The molecule has 0 radical (unpaired) electrons. The minimum Gasteiger partial charge on any atom is -0.344 e. The number of hydrogen-bond donors (Lipinski definition) is 0. The first-order valence-electron chi connectivity index (χ1n) is 4.04. The quantitative estimate of drug-likeness (QED) is 0.523. The number of nitrogens with zero attached hydrogens (tertiary/aromatic N) is 2. The lowest BCUT2D eigenvalue weighted by atomic mass is 10.4. The van der Waals surface area contributed by atoms with E-state index >= 15 is 0 Å². The molecule has 0 heterocycles. The fraction of sp³-hybridized carbons (Fsp3) is 0.875. The van der Waals surface area contributed by atoms with E-state index in [1.54, 1.807) is 4.90 Å². The predicted molar refractivity (Wildman–Crippen MR) is 46.5 cm³/mol. The molecule has 0 aromatic carbocycles. The van der Waals surface area contributed by atoms with Crippen molar-refractivity contribution in [3.8, 4) is 0 Å². The Bertz CT molecular complexity index is 104. The minimum absolute atomic E-state index is 0.838. The average Bonchev–Trinajstić information content (AvgIpc) is 1.97. The first-order valence-corrected chi connectivity index (χ1v) is 4.04. The monoisotopic (exact) mass is 158 g/mol. The van der Waals surface area contributed by atoms with E-state index in [1.165, 1.54) is 0 Å². The molecule has 0 bridgehead atoms. The van der Waals surface area contributed by atoms with Crippen LogP contribution >= 0.6 is 0 Å². The van der Waals surface area contributed by atoms with Crippen molar-refractivity contribution in [2.24, 2.45) is 0 Å². The molecule has 0 saturated heterocycles. The largest absolute Gasteiger partial charge is 0.344 e. The number of likely N-dealkylation sites (N-methyl/N-ethyl adjacent to an activating group) is 1. The van der Waals surface area contributed by atoms with Gasteiger partial charge in [0.25, 0.3) is 0 Å². The molecule has 0 aromatic heterocycles. The van der Waals surface area contributed by atoms with Crippen molar-refractivity contribution in [3.63, 3.8) is 0 Å². The summed E-state index contributed by atoms with van der Waals surface area (Å²) in [5.74, 6) is 0. The summed E-state index contributed by atoms with van der Waals surface area (Å²) in [7, 11) is 4.02. The van der Waals surface area contributed by atoms with E-state index in [-0.39, 0.29) is 0 Å². The molecule has 0 fully saturated rings. The number of rotatable bonds is 6. The molecule has 3 heteroatoms. The topological polar surface area (TPSA) is 23.6 Å². The SMILES string of the molecule is CCCN(C=O)CCN(C)C. The number of carbonyl (C=O) groups excluding carboxylic acids is 1. The molecule has 0 N–H and O–H groups in total. The molecule has 1 amide bonds. The van der Waals surface area contributed by atoms with Crippen LogP contribution in [0.1, 0.15) is 13.3 Å². The number of amides is 1. The highest BCUT2D eigenvalue weighted by molar-refractivity contribution is 5.46. The second-order valence-corrected chi connectivity index (χ2v) is 2.94. The van der Waals surface area contributed by atoms with Crippen LogP contribution < -0.4 is 0 Å². The molecular formula is C8H18N2O. The van der Waals surface area contributed by atoms with Gasteiger partial charge >= 0.3 is 0 Å². The summed E-state index contributed by atoms with van der Waals surface area (Å²) in [5.41, 5.74) is 0. The summed E-state index contributed by atoms with van der Waals surface area (Å²) in [6, 6.07) is 0. The average molecular weight is 158 g/mol. The molecule has 66 valence electrons. The van der Waals surface area contributed by atoms with Crippen LogP contribution in [0.3, 0.4) is 0 Å². The molecule has 11 heavy (non-hydrogen) atoms. The Morgan fingerprint density at radius 2 is 1.82 bits per heavy atom. The Labute approximate surface area is 69.0 Å². The number of carbonyl (C=O) groups is 1. The minimum atomic E-state index is 0.838. The van der Waals surface area contributed by atoms with Gasteiger partial charge in [0.2, 0.25) is 6.41 Å². The molecule has 0 aliphatic carbocycles. The Balaban J connectivity index is 3.43. The van der Waals surface area contributed by atoms with Gasteiger partial charge in [-0.05, 0) is 20.5 Å². The first-order chi connectivity index (χ1) is 5.20. The first kappa shape index (κ1) is 10.4.